The van der Waals surface area contributed by atoms with Crippen LogP contribution in [0.4, 0.5) is 16.2 Å². The number of amides is 2. The minimum absolute atomic E-state index is 0.0482. The van der Waals surface area contributed by atoms with E-state index in [1.165, 1.54) is 6.07 Å². The number of benzene rings is 1. The van der Waals surface area contributed by atoms with Crippen LogP contribution in [0.3, 0.4) is 0 Å². The van der Waals surface area contributed by atoms with Crippen LogP contribution in [0, 0.1) is 10.1 Å². The van der Waals surface area contributed by atoms with Gasteiger partial charge in [0.15, 0.2) is 0 Å². The molecule has 0 saturated carbocycles. The predicted molar refractivity (Wildman–Crippen MR) is 57.6 cm³/mol. The lowest BCUT2D eigenvalue weighted by Crippen LogP contribution is -2.19. The third-order valence-corrected chi connectivity index (χ3v) is 1.82. The van der Waals surface area contributed by atoms with E-state index in [4.69, 9.17) is 5.73 Å². The van der Waals surface area contributed by atoms with Gasteiger partial charge in [-0.15, -0.1) is 0 Å². The fourth-order valence-electron chi connectivity index (χ4n) is 1.17. The van der Waals surface area contributed by atoms with Gasteiger partial charge in [0.05, 0.1) is 23.3 Å². The molecule has 8 heteroatoms. The van der Waals surface area contributed by atoms with Crippen molar-refractivity contribution in [2.45, 2.75) is 0 Å². The third kappa shape index (κ3) is 3.16. The quantitative estimate of drug-likeness (QED) is 0.460. The van der Waals surface area contributed by atoms with Gasteiger partial charge in [0.25, 0.3) is 5.69 Å². The Balaban J connectivity index is 3.23. The van der Waals surface area contributed by atoms with Gasteiger partial charge in [-0.25, -0.2) is 9.59 Å². The van der Waals surface area contributed by atoms with Gasteiger partial charge >= 0.3 is 12.0 Å². The number of primary amides is 1. The Labute approximate surface area is 95.5 Å². The molecule has 0 heterocycles. The largest absolute Gasteiger partial charge is 0.465 e. The van der Waals surface area contributed by atoms with E-state index in [9.17, 15) is 19.7 Å². The zero-order valence-electron chi connectivity index (χ0n) is 8.80. The summed E-state index contributed by atoms with van der Waals surface area (Å²) in [5.41, 5.74) is 4.52. The molecule has 0 aliphatic carbocycles. The van der Waals surface area contributed by atoms with Gasteiger partial charge in [0, 0.05) is 12.1 Å². The normalized spacial score (nSPS) is 9.47. The monoisotopic (exact) mass is 239 g/mol. The number of nitro groups is 1. The highest BCUT2D eigenvalue weighted by atomic mass is 16.6. The number of rotatable bonds is 3. The summed E-state index contributed by atoms with van der Waals surface area (Å²) in [5.74, 6) is -0.749. The third-order valence-electron chi connectivity index (χ3n) is 1.82. The summed E-state index contributed by atoms with van der Waals surface area (Å²) in [5, 5.41) is 12.8. The van der Waals surface area contributed by atoms with E-state index >= 15 is 0 Å². The minimum atomic E-state index is -0.888. The van der Waals surface area contributed by atoms with Crippen molar-refractivity contribution >= 4 is 23.4 Å². The van der Waals surface area contributed by atoms with Gasteiger partial charge in [0.1, 0.15) is 0 Å². The number of esters is 1. The molecule has 0 fully saturated rings. The van der Waals surface area contributed by atoms with Gasteiger partial charge in [-0.3, -0.25) is 10.1 Å². The van der Waals surface area contributed by atoms with Crippen molar-refractivity contribution in [3.05, 3.63) is 33.9 Å². The van der Waals surface area contributed by atoms with E-state index in [0.29, 0.717) is 0 Å². The maximum absolute atomic E-state index is 11.2. The molecule has 0 saturated heterocycles. The summed E-state index contributed by atoms with van der Waals surface area (Å²) in [4.78, 5) is 31.8. The molecule has 0 atom stereocenters. The molecule has 8 nitrogen and oxygen atoms in total. The van der Waals surface area contributed by atoms with Crippen LogP contribution < -0.4 is 11.1 Å². The van der Waals surface area contributed by atoms with Crippen LogP contribution in [0.5, 0.6) is 0 Å². The first-order chi connectivity index (χ1) is 7.93. The lowest BCUT2D eigenvalue weighted by Gasteiger charge is -2.04. The molecule has 1 aromatic rings. The number of ether oxygens (including phenoxy) is 1. The van der Waals surface area contributed by atoms with E-state index in [1.807, 2.05) is 0 Å². The summed E-state index contributed by atoms with van der Waals surface area (Å²) in [6.45, 7) is 0. The number of carbonyl (C=O) groups excluding carboxylic acids is 2. The van der Waals surface area contributed by atoms with Crippen LogP contribution in [-0.4, -0.2) is 24.0 Å². The van der Waals surface area contributed by atoms with E-state index in [2.05, 4.69) is 10.1 Å². The zero-order chi connectivity index (χ0) is 13.0. The van der Waals surface area contributed by atoms with Crippen molar-refractivity contribution in [2.75, 3.05) is 12.4 Å². The lowest BCUT2D eigenvalue weighted by molar-refractivity contribution is -0.384. The number of methoxy groups -OCH3 is 1. The summed E-state index contributed by atoms with van der Waals surface area (Å²) >= 11 is 0. The Morgan fingerprint density at radius 3 is 2.53 bits per heavy atom. The topological polar surface area (TPSA) is 125 Å². The molecule has 17 heavy (non-hydrogen) atoms. The summed E-state index contributed by atoms with van der Waals surface area (Å²) < 4.78 is 4.43. The van der Waals surface area contributed by atoms with Gasteiger partial charge < -0.3 is 15.8 Å². The van der Waals surface area contributed by atoms with Crippen LogP contribution in [0.15, 0.2) is 18.2 Å². The second-order valence-corrected chi connectivity index (χ2v) is 3.01. The van der Waals surface area contributed by atoms with Crippen LogP contribution in [-0.2, 0) is 4.74 Å². The molecule has 90 valence electrons. The number of hydrogen-bond acceptors (Lipinski definition) is 5. The number of non-ortho nitro benzene ring substituents is 1. The molecule has 3 N–H and O–H groups in total. The molecule has 0 radical (unpaired) electrons. The summed E-state index contributed by atoms with van der Waals surface area (Å²) in [7, 11) is 1.14. The summed E-state index contributed by atoms with van der Waals surface area (Å²) in [6, 6.07) is 2.46. The van der Waals surface area contributed by atoms with E-state index in [0.717, 1.165) is 19.2 Å². The van der Waals surface area contributed by atoms with Crippen molar-refractivity contribution in [2.24, 2.45) is 5.73 Å². The Morgan fingerprint density at radius 2 is 2.06 bits per heavy atom. The number of anilines is 1. The Kier molecular flexibility index (Phi) is 3.60. The Morgan fingerprint density at radius 1 is 1.41 bits per heavy atom. The number of nitrogens with zero attached hydrogens (tertiary/aromatic N) is 1. The standard InChI is InChI=1S/C9H9N3O5/c1-17-8(13)5-2-6(11-9(10)14)4-7(3-5)12(15)16/h2-4H,1H3,(H3,10,11,14). The Hall–Kier alpha value is -2.64. The highest BCUT2D eigenvalue weighted by molar-refractivity contribution is 5.94. The minimum Gasteiger partial charge on any atom is -0.465 e. The first-order valence-corrected chi connectivity index (χ1v) is 4.38. The van der Waals surface area contributed by atoms with Gasteiger partial charge in [-0.1, -0.05) is 0 Å². The smallest absolute Gasteiger partial charge is 0.338 e. The maximum atomic E-state index is 11.2. The first kappa shape index (κ1) is 12.4. The van der Waals surface area contributed by atoms with Crippen LogP contribution in [0.2, 0.25) is 0 Å². The number of nitrogens with two attached hydrogens (primary N) is 1. The number of urea groups is 1. The van der Waals surface area contributed by atoms with Crippen LogP contribution in [0.1, 0.15) is 10.4 Å². The second-order valence-electron chi connectivity index (χ2n) is 3.01. The van der Waals surface area contributed by atoms with Crippen molar-refractivity contribution in [3.8, 4) is 0 Å². The molecule has 0 aromatic heterocycles. The number of nitrogens with one attached hydrogen (secondary N) is 1. The van der Waals surface area contributed by atoms with Gasteiger partial charge in [-0.05, 0) is 6.07 Å². The van der Waals surface area contributed by atoms with Crippen molar-refractivity contribution < 1.29 is 19.2 Å². The van der Waals surface area contributed by atoms with Crippen LogP contribution >= 0.6 is 0 Å². The lowest BCUT2D eigenvalue weighted by atomic mass is 10.1. The fourth-order valence-corrected chi connectivity index (χ4v) is 1.17. The van der Waals surface area contributed by atoms with E-state index in [-0.39, 0.29) is 16.9 Å². The SMILES string of the molecule is COC(=O)c1cc(NC(N)=O)cc([N+](=O)[O-])c1. The van der Waals surface area contributed by atoms with Crippen molar-refractivity contribution in [3.63, 3.8) is 0 Å². The maximum Gasteiger partial charge on any atom is 0.338 e. The number of nitro benzene ring substituents is 1. The second kappa shape index (κ2) is 4.92. The summed E-state index contributed by atoms with van der Waals surface area (Å²) in [6.07, 6.45) is 0. The molecule has 0 aliphatic heterocycles. The molecule has 0 unspecified atom stereocenters. The van der Waals surface area contributed by atoms with Crippen molar-refractivity contribution in [1.82, 2.24) is 0 Å². The first-order valence-electron chi connectivity index (χ1n) is 4.38. The average molecular weight is 239 g/mol. The molecular formula is C9H9N3O5. The molecule has 0 bridgehead atoms. The molecule has 1 aromatic carbocycles. The molecule has 0 spiro atoms. The molecule has 1 rings (SSSR count). The van der Waals surface area contributed by atoms with Gasteiger partial charge in [-0.2, -0.15) is 0 Å². The molecular weight excluding hydrogens is 230 g/mol. The van der Waals surface area contributed by atoms with E-state index in [1.54, 1.807) is 0 Å². The number of hydrogen-bond donors (Lipinski definition) is 2. The molecule has 2 amide bonds. The zero-order valence-corrected chi connectivity index (χ0v) is 8.80. The highest BCUT2D eigenvalue weighted by Gasteiger charge is 2.15. The number of carbonyl (C=O) groups is 2. The average Bonchev–Trinajstić information content (AvgIpc) is 2.26. The van der Waals surface area contributed by atoms with Crippen molar-refractivity contribution in [1.29, 1.82) is 0 Å². The molecule has 0 aliphatic rings. The highest BCUT2D eigenvalue weighted by Crippen LogP contribution is 2.21. The Bertz CT molecular complexity index is 486. The fraction of sp³-hybridized carbons (Fsp3) is 0.111. The van der Waals surface area contributed by atoms with Gasteiger partial charge in [0.2, 0.25) is 0 Å². The predicted octanol–water partition coefficient (Wildman–Crippen LogP) is 0.872. The van der Waals surface area contributed by atoms with Crippen LogP contribution in [0.25, 0.3) is 0 Å². The van der Waals surface area contributed by atoms with E-state index < -0.39 is 16.9 Å².